The van der Waals surface area contributed by atoms with Crippen LogP contribution in [0.2, 0.25) is 0 Å². The molecule has 0 bridgehead atoms. The standard InChI is InChI=1S/C18H20FN3O/c19-16-5-4-10-20-17(16)21-13-14-6-8-15(9-7-14)18(23)22-11-2-1-3-12-22/h4-10H,1-3,11-13H2,(H,20,21). The first-order valence-corrected chi connectivity index (χ1v) is 7.96. The molecule has 2 heterocycles. The molecule has 1 N–H and O–H groups in total. The maximum absolute atomic E-state index is 13.5. The molecular weight excluding hydrogens is 293 g/mol. The second kappa shape index (κ2) is 7.22. The number of benzene rings is 1. The Morgan fingerprint density at radius 3 is 2.57 bits per heavy atom. The van der Waals surface area contributed by atoms with Gasteiger partial charge in [0.25, 0.3) is 5.91 Å². The van der Waals surface area contributed by atoms with Gasteiger partial charge in [-0.15, -0.1) is 0 Å². The van der Waals surface area contributed by atoms with E-state index in [1.54, 1.807) is 12.3 Å². The molecule has 0 saturated carbocycles. The Morgan fingerprint density at radius 1 is 1.13 bits per heavy atom. The molecule has 1 aliphatic rings. The third kappa shape index (κ3) is 3.86. The molecule has 3 rings (SSSR count). The Kier molecular flexibility index (Phi) is 4.86. The molecule has 1 aromatic carbocycles. The summed E-state index contributed by atoms with van der Waals surface area (Å²) in [5, 5.41) is 2.96. The highest BCUT2D eigenvalue weighted by molar-refractivity contribution is 5.94. The SMILES string of the molecule is O=C(c1ccc(CNc2ncccc2F)cc1)N1CCCCC1. The normalized spacial score (nSPS) is 14.6. The van der Waals surface area contributed by atoms with Crippen LogP contribution >= 0.6 is 0 Å². The highest BCUT2D eigenvalue weighted by Gasteiger charge is 2.17. The first-order chi connectivity index (χ1) is 11.2. The molecule has 120 valence electrons. The Bertz CT molecular complexity index is 666. The van der Waals surface area contributed by atoms with Crippen LogP contribution in [0.1, 0.15) is 35.2 Å². The van der Waals surface area contributed by atoms with E-state index in [0.717, 1.165) is 31.5 Å². The highest BCUT2D eigenvalue weighted by Crippen LogP contribution is 2.15. The molecule has 23 heavy (non-hydrogen) atoms. The quantitative estimate of drug-likeness (QED) is 0.940. The maximum Gasteiger partial charge on any atom is 0.253 e. The molecule has 1 fully saturated rings. The summed E-state index contributed by atoms with van der Waals surface area (Å²) in [6.07, 6.45) is 4.93. The predicted octanol–water partition coefficient (Wildman–Crippen LogP) is 3.46. The molecule has 0 unspecified atom stereocenters. The summed E-state index contributed by atoms with van der Waals surface area (Å²) in [7, 11) is 0. The molecule has 4 nitrogen and oxygen atoms in total. The van der Waals surface area contributed by atoms with Crippen molar-refractivity contribution in [3.8, 4) is 0 Å². The lowest BCUT2D eigenvalue weighted by Crippen LogP contribution is -2.35. The van der Waals surface area contributed by atoms with Crippen LogP contribution in [0.5, 0.6) is 0 Å². The third-order valence-corrected chi connectivity index (χ3v) is 4.06. The number of amides is 1. The van der Waals surface area contributed by atoms with E-state index in [1.165, 1.54) is 12.5 Å². The monoisotopic (exact) mass is 313 g/mol. The number of halogens is 1. The van der Waals surface area contributed by atoms with Gasteiger partial charge in [0, 0.05) is 31.4 Å². The third-order valence-electron chi connectivity index (χ3n) is 4.06. The highest BCUT2D eigenvalue weighted by atomic mass is 19.1. The minimum atomic E-state index is -0.371. The summed E-state index contributed by atoms with van der Waals surface area (Å²) in [4.78, 5) is 18.3. The van der Waals surface area contributed by atoms with E-state index < -0.39 is 0 Å². The number of carbonyl (C=O) groups is 1. The number of nitrogens with one attached hydrogen (secondary N) is 1. The Balaban J connectivity index is 1.60. The van der Waals surface area contributed by atoms with Gasteiger partial charge < -0.3 is 10.2 Å². The Hall–Kier alpha value is -2.43. The van der Waals surface area contributed by atoms with Crippen molar-refractivity contribution >= 4 is 11.7 Å². The summed E-state index contributed by atoms with van der Waals surface area (Å²) >= 11 is 0. The van der Waals surface area contributed by atoms with Gasteiger partial charge in [0.15, 0.2) is 11.6 Å². The first-order valence-electron chi connectivity index (χ1n) is 7.96. The van der Waals surface area contributed by atoms with E-state index in [1.807, 2.05) is 29.2 Å². The summed E-state index contributed by atoms with van der Waals surface area (Å²) in [5.41, 5.74) is 1.69. The predicted molar refractivity (Wildman–Crippen MR) is 87.7 cm³/mol. The zero-order valence-corrected chi connectivity index (χ0v) is 13.0. The van der Waals surface area contributed by atoms with Crippen molar-refractivity contribution in [2.45, 2.75) is 25.8 Å². The van der Waals surface area contributed by atoms with Crippen LogP contribution in [0.25, 0.3) is 0 Å². The van der Waals surface area contributed by atoms with Crippen molar-refractivity contribution < 1.29 is 9.18 Å². The molecule has 0 atom stereocenters. The second-order valence-corrected chi connectivity index (χ2v) is 5.74. The zero-order chi connectivity index (χ0) is 16.1. The minimum absolute atomic E-state index is 0.0972. The first kappa shape index (κ1) is 15.5. The van der Waals surface area contributed by atoms with Crippen LogP contribution < -0.4 is 5.32 Å². The lowest BCUT2D eigenvalue weighted by atomic mass is 10.1. The second-order valence-electron chi connectivity index (χ2n) is 5.74. The largest absolute Gasteiger partial charge is 0.364 e. The molecule has 0 spiro atoms. The van der Waals surface area contributed by atoms with Crippen molar-refractivity contribution in [1.29, 1.82) is 0 Å². The Morgan fingerprint density at radius 2 is 1.87 bits per heavy atom. The van der Waals surface area contributed by atoms with Gasteiger partial charge in [-0.2, -0.15) is 0 Å². The van der Waals surface area contributed by atoms with E-state index in [9.17, 15) is 9.18 Å². The van der Waals surface area contributed by atoms with Crippen molar-refractivity contribution in [2.24, 2.45) is 0 Å². The summed E-state index contributed by atoms with van der Waals surface area (Å²) in [6.45, 7) is 2.16. The Labute approximate surface area is 135 Å². The number of piperidine rings is 1. The topological polar surface area (TPSA) is 45.2 Å². The smallest absolute Gasteiger partial charge is 0.253 e. The van der Waals surface area contributed by atoms with E-state index in [-0.39, 0.29) is 17.5 Å². The lowest BCUT2D eigenvalue weighted by molar-refractivity contribution is 0.0724. The lowest BCUT2D eigenvalue weighted by Gasteiger charge is -2.26. The van der Waals surface area contributed by atoms with Gasteiger partial charge in [-0.3, -0.25) is 4.79 Å². The fourth-order valence-electron chi connectivity index (χ4n) is 2.75. The number of nitrogens with zero attached hydrogens (tertiary/aromatic N) is 2. The molecular formula is C18H20FN3O. The summed E-state index contributed by atoms with van der Waals surface area (Å²) in [5.74, 6) is -0.0367. The fraction of sp³-hybridized carbons (Fsp3) is 0.333. The van der Waals surface area contributed by atoms with Gasteiger partial charge in [-0.25, -0.2) is 9.37 Å². The average molecular weight is 313 g/mol. The number of hydrogen-bond donors (Lipinski definition) is 1. The summed E-state index contributed by atoms with van der Waals surface area (Å²) in [6, 6.07) is 10.4. The van der Waals surface area contributed by atoms with Gasteiger partial charge in [0.05, 0.1) is 0 Å². The number of carbonyl (C=O) groups excluding carboxylic acids is 1. The number of hydrogen-bond acceptors (Lipinski definition) is 3. The van der Waals surface area contributed by atoms with Crippen molar-refractivity contribution in [3.05, 3.63) is 59.5 Å². The van der Waals surface area contributed by atoms with Crippen LogP contribution in [0.4, 0.5) is 10.2 Å². The van der Waals surface area contributed by atoms with E-state index in [2.05, 4.69) is 10.3 Å². The van der Waals surface area contributed by atoms with Gasteiger partial charge in [0.1, 0.15) is 0 Å². The molecule has 1 aromatic heterocycles. The van der Waals surface area contributed by atoms with Gasteiger partial charge >= 0.3 is 0 Å². The van der Waals surface area contributed by atoms with Gasteiger partial charge in [-0.1, -0.05) is 12.1 Å². The number of likely N-dealkylation sites (tertiary alicyclic amines) is 1. The van der Waals surface area contributed by atoms with E-state index in [4.69, 9.17) is 0 Å². The fourth-order valence-corrected chi connectivity index (χ4v) is 2.75. The molecule has 5 heteroatoms. The molecule has 1 amide bonds. The molecule has 0 aliphatic carbocycles. The number of pyridine rings is 1. The van der Waals surface area contributed by atoms with Crippen LogP contribution in [-0.4, -0.2) is 28.9 Å². The number of rotatable bonds is 4. The maximum atomic E-state index is 13.5. The minimum Gasteiger partial charge on any atom is -0.364 e. The summed E-state index contributed by atoms with van der Waals surface area (Å²) < 4.78 is 13.5. The van der Waals surface area contributed by atoms with Crippen molar-refractivity contribution in [2.75, 3.05) is 18.4 Å². The number of aromatic nitrogens is 1. The van der Waals surface area contributed by atoms with Crippen molar-refractivity contribution in [3.63, 3.8) is 0 Å². The average Bonchev–Trinajstić information content (AvgIpc) is 2.62. The van der Waals surface area contributed by atoms with Gasteiger partial charge in [-0.05, 0) is 49.1 Å². The molecule has 2 aromatic rings. The van der Waals surface area contributed by atoms with Crippen LogP contribution in [0.15, 0.2) is 42.6 Å². The molecule has 0 radical (unpaired) electrons. The van der Waals surface area contributed by atoms with Crippen LogP contribution in [-0.2, 0) is 6.54 Å². The van der Waals surface area contributed by atoms with Crippen LogP contribution in [0, 0.1) is 5.82 Å². The zero-order valence-electron chi connectivity index (χ0n) is 13.0. The van der Waals surface area contributed by atoms with E-state index in [0.29, 0.717) is 12.1 Å². The van der Waals surface area contributed by atoms with E-state index >= 15 is 0 Å². The number of anilines is 1. The van der Waals surface area contributed by atoms with Gasteiger partial charge in [0.2, 0.25) is 0 Å². The van der Waals surface area contributed by atoms with Crippen LogP contribution in [0.3, 0.4) is 0 Å². The molecule has 1 aliphatic heterocycles. The molecule has 1 saturated heterocycles. The van der Waals surface area contributed by atoms with Crippen molar-refractivity contribution in [1.82, 2.24) is 9.88 Å².